The van der Waals surface area contributed by atoms with E-state index >= 15 is 0 Å². The average molecular weight is 524 g/mol. The first-order valence-corrected chi connectivity index (χ1v) is 12.3. The molecule has 2 aromatic heterocycles. The lowest BCUT2D eigenvalue weighted by molar-refractivity contribution is -0.00334. The smallest absolute Gasteiger partial charge is 0.333 e. The molecule has 0 spiro atoms. The molecular formula is C22H23F2N5O6S. The SMILES string of the molecule is NS(=O)(=O)OC[C@H]1C[C@@H](Cc2ncncc2C(=O)c2ccn(Cc3cc(F)ccc3F)n2)[C@H](O)[C@@H]1O. The van der Waals surface area contributed by atoms with Crippen molar-refractivity contribution in [3.8, 4) is 0 Å². The summed E-state index contributed by atoms with van der Waals surface area (Å²) in [5, 5.41) is 29.7. The van der Waals surface area contributed by atoms with Gasteiger partial charge in [-0.3, -0.25) is 13.7 Å². The summed E-state index contributed by atoms with van der Waals surface area (Å²) >= 11 is 0. The third-order valence-electron chi connectivity index (χ3n) is 6.08. The lowest BCUT2D eigenvalue weighted by Gasteiger charge is -2.17. The van der Waals surface area contributed by atoms with Crippen LogP contribution in [0, 0.1) is 23.5 Å². The van der Waals surface area contributed by atoms with E-state index in [0.29, 0.717) is 5.69 Å². The van der Waals surface area contributed by atoms with Crippen LogP contribution >= 0.6 is 0 Å². The number of nitrogens with zero attached hydrogens (tertiary/aromatic N) is 4. The molecule has 3 aromatic rings. The van der Waals surface area contributed by atoms with E-state index in [1.165, 1.54) is 29.5 Å². The summed E-state index contributed by atoms with van der Waals surface area (Å²) in [6, 6.07) is 4.48. The summed E-state index contributed by atoms with van der Waals surface area (Å²) in [5.41, 5.74) is 0.500. The number of aromatic nitrogens is 4. The number of nitrogens with two attached hydrogens (primary N) is 1. The third-order valence-corrected chi connectivity index (χ3v) is 6.54. The Balaban J connectivity index is 1.49. The highest BCUT2D eigenvalue weighted by Gasteiger charge is 2.42. The third kappa shape index (κ3) is 5.96. The minimum atomic E-state index is -4.21. The predicted octanol–water partition coefficient (Wildman–Crippen LogP) is 0.351. The number of halogens is 2. The lowest BCUT2D eigenvalue weighted by Crippen LogP contribution is -2.31. The molecule has 0 radical (unpaired) electrons. The van der Waals surface area contributed by atoms with Gasteiger partial charge in [0.05, 0.1) is 36.6 Å². The van der Waals surface area contributed by atoms with Crippen LogP contribution in [0.2, 0.25) is 0 Å². The van der Waals surface area contributed by atoms with E-state index in [0.717, 1.165) is 18.2 Å². The molecule has 1 aromatic carbocycles. The zero-order chi connectivity index (χ0) is 26.0. The fourth-order valence-electron chi connectivity index (χ4n) is 4.28. The second-order valence-electron chi connectivity index (χ2n) is 8.57. The van der Waals surface area contributed by atoms with Crippen molar-refractivity contribution in [2.45, 2.75) is 31.6 Å². The van der Waals surface area contributed by atoms with Gasteiger partial charge in [0, 0.05) is 23.9 Å². The first kappa shape index (κ1) is 25.9. The number of hydrogen-bond acceptors (Lipinski definition) is 9. The van der Waals surface area contributed by atoms with Gasteiger partial charge in [-0.1, -0.05) is 0 Å². The fourth-order valence-corrected chi connectivity index (χ4v) is 4.65. The van der Waals surface area contributed by atoms with Crippen LogP contribution in [0.3, 0.4) is 0 Å². The van der Waals surface area contributed by atoms with Crippen LogP contribution in [0.25, 0.3) is 0 Å². The van der Waals surface area contributed by atoms with Gasteiger partial charge in [-0.2, -0.15) is 13.5 Å². The molecule has 4 N–H and O–H groups in total. The van der Waals surface area contributed by atoms with Gasteiger partial charge in [0.15, 0.2) is 0 Å². The molecule has 1 aliphatic carbocycles. The van der Waals surface area contributed by atoms with Crippen LogP contribution in [0.4, 0.5) is 8.78 Å². The first-order chi connectivity index (χ1) is 17.0. The maximum Gasteiger partial charge on any atom is 0.333 e. The van der Waals surface area contributed by atoms with Crippen molar-refractivity contribution in [2.24, 2.45) is 17.0 Å². The van der Waals surface area contributed by atoms with Crippen molar-refractivity contribution in [1.82, 2.24) is 19.7 Å². The molecule has 4 rings (SSSR count). The monoisotopic (exact) mass is 523 g/mol. The summed E-state index contributed by atoms with van der Waals surface area (Å²) in [5.74, 6) is -2.97. The van der Waals surface area contributed by atoms with Crippen LogP contribution in [-0.2, 0) is 27.5 Å². The van der Waals surface area contributed by atoms with Crippen molar-refractivity contribution in [3.63, 3.8) is 0 Å². The number of aliphatic hydroxyl groups is 2. The predicted molar refractivity (Wildman–Crippen MR) is 120 cm³/mol. The number of carbonyl (C=O) groups excluding carboxylic acids is 1. The van der Waals surface area contributed by atoms with Crippen LogP contribution in [0.1, 0.15) is 33.7 Å². The van der Waals surface area contributed by atoms with Crippen molar-refractivity contribution in [1.29, 1.82) is 0 Å². The number of ketones is 1. The van der Waals surface area contributed by atoms with E-state index < -0.39 is 58.4 Å². The number of hydrogen-bond donors (Lipinski definition) is 3. The molecule has 36 heavy (non-hydrogen) atoms. The highest BCUT2D eigenvalue weighted by Crippen LogP contribution is 2.35. The van der Waals surface area contributed by atoms with Crippen LogP contribution < -0.4 is 5.14 Å². The molecule has 0 saturated heterocycles. The van der Waals surface area contributed by atoms with E-state index in [-0.39, 0.29) is 36.2 Å². The largest absolute Gasteiger partial charge is 0.390 e. The second-order valence-corrected chi connectivity index (χ2v) is 9.79. The minimum absolute atomic E-state index is 0.0225. The van der Waals surface area contributed by atoms with E-state index in [1.54, 1.807) is 0 Å². The van der Waals surface area contributed by atoms with Gasteiger partial charge in [0.25, 0.3) is 0 Å². The molecule has 0 unspecified atom stereocenters. The van der Waals surface area contributed by atoms with Crippen molar-refractivity contribution in [3.05, 3.63) is 77.1 Å². The van der Waals surface area contributed by atoms with Gasteiger partial charge >= 0.3 is 10.3 Å². The Hall–Kier alpha value is -3.17. The average Bonchev–Trinajstić information content (AvgIpc) is 3.40. The second kappa shape index (κ2) is 10.4. The normalized spacial score (nSPS) is 22.1. The van der Waals surface area contributed by atoms with Crippen molar-refractivity contribution >= 4 is 16.1 Å². The van der Waals surface area contributed by atoms with E-state index in [2.05, 4.69) is 19.2 Å². The van der Waals surface area contributed by atoms with Crippen molar-refractivity contribution < 1.29 is 36.4 Å². The molecule has 4 atom stereocenters. The zero-order valence-electron chi connectivity index (χ0n) is 18.7. The standard InChI is InChI=1S/C22H23F2N5O6S/c23-15-1-2-17(24)13(6-15)9-29-4-3-18(28-29)22(32)16-8-26-11-27-19(16)7-12-5-14(21(31)20(12)30)10-35-36(25,33)34/h1-4,6,8,11-12,14,20-21,30-31H,5,7,9-10H2,(H2,25,33,34)/t12-,14+,20-,21+/m0/s1. The van der Waals surface area contributed by atoms with Crippen LogP contribution in [0.5, 0.6) is 0 Å². The van der Waals surface area contributed by atoms with Gasteiger partial charge in [0.1, 0.15) is 23.7 Å². The molecular weight excluding hydrogens is 500 g/mol. The summed E-state index contributed by atoms with van der Waals surface area (Å²) in [6.07, 6.45) is 1.81. The van der Waals surface area contributed by atoms with E-state index in [9.17, 15) is 32.2 Å². The molecule has 0 bridgehead atoms. The Morgan fingerprint density at radius 1 is 1.19 bits per heavy atom. The highest BCUT2D eigenvalue weighted by atomic mass is 32.2. The van der Waals surface area contributed by atoms with Gasteiger partial charge in [0.2, 0.25) is 5.78 Å². The Labute approximate surface area is 204 Å². The zero-order valence-corrected chi connectivity index (χ0v) is 19.6. The molecule has 1 fully saturated rings. The number of aliphatic hydroxyl groups excluding tert-OH is 2. The Morgan fingerprint density at radius 3 is 2.69 bits per heavy atom. The van der Waals surface area contributed by atoms with E-state index in [4.69, 9.17) is 5.14 Å². The summed E-state index contributed by atoms with van der Waals surface area (Å²) in [4.78, 5) is 21.2. The Kier molecular flexibility index (Phi) is 7.51. The Bertz CT molecular complexity index is 1370. The molecule has 0 aliphatic heterocycles. The molecule has 2 heterocycles. The van der Waals surface area contributed by atoms with Gasteiger partial charge in [-0.25, -0.2) is 23.9 Å². The topological polar surface area (TPSA) is 171 Å². The summed E-state index contributed by atoms with van der Waals surface area (Å²) in [7, 11) is -4.21. The fraction of sp³-hybridized carbons (Fsp3) is 0.364. The van der Waals surface area contributed by atoms with Crippen LogP contribution in [0.15, 0.2) is 43.0 Å². The maximum atomic E-state index is 14.0. The molecule has 192 valence electrons. The van der Waals surface area contributed by atoms with Crippen molar-refractivity contribution in [2.75, 3.05) is 6.61 Å². The number of benzene rings is 1. The number of carbonyl (C=O) groups is 1. The maximum absolute atomic E-state index is 14.0. The lowest BCUT2D eigenvalue weighted by atomic mass is 9.95. The quantitative estimate of drug-likeness (QED) is 0.335. The first-order valence-electron chi connectivity index (χ1n) is 10.9. The minimum Gasteiger partial charge on any atom is -0.390 e. The molecule has 11 nitrogen and oxygen atoms in total. The van der Waals surface area contributed by atoms with Gasteiger partial charge in [-0.05, 0) is 43.0 Å². The molecule has 1 aliphatic rings. The summed E-state index contributed by atoms with van der Waals surface area (Å²) < 4.78 is 55.4. The Morgan fingerprint density at radius 2 is 1.94 bits per heavy atom. The van der Waals surface area contributed by atoms with Crippen LogP contribution in [-0.4, -0.2) is 63.0 Å². The van der Waals surface area contributed by atoms with Gasteiger partial charge < -0.3 is 10.2 Å². The molecule has 1 saturated carbocycles. The van der Waals surface area contributed by atoms with Gasteiger partial charge in [-0.15, -0.1) is 0 Å². The van der Waals surface area contributed by atoms with E-state index in [1.807, 2.05) is 0 Å². The molecule has 0 amide bonds. The highest BCUT2D eigenvalue weighted by molar-refractivity contribution is 7.84. The summed E-state index contributed by atoms with van der Waals surface area (Å²) in [6.45, 7) is -0.490. The number of rotatable bonds is 9. The molecule has 14 heteroatoms.